The van der Waals surface area contributed by atoms with E-state index in [2.05, 4.69) is 22.6 Å². The molecule has 0 amide bonds. The Labute approximate surface area is 115 Å². The van der Waals surface area contributed by atoms with Crippen LogP contribution in [0, 0.1) is 3.57 Å². The number of anilines is 1. The van der Waals surface area contributed by atoms with E-state index in [0.717, 1.165) is 3.57 Å². The van der Waals surface area contributed by atoms with E-state index in [1.54, 1.807) is 12.1 Å². The summed E-state index contributed by atoms with van der Waals surface area (Å²) < 4.78 is 11.3. The lowest BCUT2D eigenvalue weighted by Crippen LogP contribution is -2.14. The molecule has 94 valence electrons. The van der Waals surface area contributed by atoms with Gasteiger partial charge in [-0.05, 0) is 54.6 Å². The Kier molecular flexibility index (Phi) is 5.70. The summed E-state index contributed by atoms with van der Waals surface area (Å²) in [6.07, 6.45) is 0.136. The topological polar surface area (TPSA) is 61.5 Å². The molecule has 2 N–H and O–H groups in total. The second-order valence-electron chi connectivity index (χ2n) is 3.79. The highest BCUT2D eigenvalue weighted by Gasteiger charge is 2.11. The van der Waals surface area contributed by atoms with E-state index >= 15 is 0 Å². The molecule has 0 fully saturated rings. The molecule has 0 atom stereocenters. The van der Waals surface area contributed by atoms with Crippen molar-refractivity contribution >= 4 is 34.2 Å². The van der Waals surface area contributed by atoms with Gasteiger partial charge in [0.2, 0.25) is 0 Å². The molecule has 17 heavy (non-hydrogen) atoms. The lowest BCUT2D eigenvalue weighted by Gasteiger charge is -2.09. The van der Waals surface area contributed by atoms with E-state index in [9.17, 15) is 4.79 Å². The fraction of sp³-hybridized carbons (Fsp3) is 0.417. The van der Waals surface area contributed by atoms with Gasteiger partial charge in [0.15, 0.2) is 0 Å². The van der Waals surface area contributed by atoms with Gasteiger partial charge in [0.1, 0.15) is 6.61 Å². The van der Waals surface area contributed by atoms with Crippen molar-refractivity contribution in [1.29, 1.82) is 0 Å². The van der Waals surface area contributed by atoms with Gasteiger partial charge in [0, 0.05) is 9.26 Å². The minimum Gasteiger partial charge on any atom is -0.460 e. The number of rotatable bonds is 5. The predicted molar refractivity (Wildman–Crippen MR) is 74.9 cm³/mol. The van der Waals surface area contributed by atoms with Gasteiger partial charge in [0.05, 0.1) is 18.3 Å². The predicted octanol–water partition coefficient (Wildman–Crippen LogP) is 2.46. The van der Waals surface area contributed by atoms with Crippen molar-refractivity contribution in [2.24, 2.45) is 0 Å². The number of halogens is 1. The molecule has 0 aliphatic carbocycles. The molecule has 1 aromatic rings. The molecule has 1 rings (SSSR count). The highest BCUT2D eigenvalue weighted by atomic mass is 127. The zero-order chi connectivity index (χ0) is 12.8. The lowest BCUT2D eigenvalue weighted by atomic mass is 10.2. The minimum absolute atomic E-state index is 0.136. The molecule has 4 nitrogen and oxygen atoms in total. The van der Waals surface area contributed by atoms with Crippen molar-refractivity contribution in [3.8, 4) is 0 Å². The van der Waals surface area contributed by atoms with Crippen molar-refractivity contribution in [3.05, 3.63) is 27.3 Å². The maximum Gasteiger partial charge on any atom is 0.340 e. The smallest absolute Gasteiger partial charge is 0.340 e. The number of hydrogen-bond donors (Lipinski definition) is 1. The molecule has 0 radical (unpaired) electrons. The third-order valence-electron chi connectivity index (χ3n) is 2.00. The molecule has 0 bridgehead atoms. The highest BCUT2D eigenvalue weighted by Crippen LogP contribution is 2.16. The van der Waals surface area contributed by atoms with Gasteiger partial charge in [-0.2, -0.15) is 0 Å². The molecule has 1 aromatic carbocycles. The summed E-state index contributed by atoms with van der Waals surface area (Å²) in [5.74, 6) is -0.409. The van der Waals surface area contributed by atoms with Crippen LogP contribution in [0.4, 0.5) is 5.69 Å². The van der Waals surface area contributed by atoms with Crippen LogP contribution >= 0.6 is 22.6 Å². The van der Waals surface area contributed by atoms with Gasteiger partial charge in [-0.3, -0.25) is 0 Å². The largest absolute Gasteiger partial charge is 0.460 e. The lowest BCUT2D eigenvalue weighted by molar-refractivity contribution is 0.0177. The van der Waals surface area contributed by atoms with Crippen LogP contribution < -0.4 is 5.73 Å². The van der Waals surface area contributed by atoms with Crippen LogP contribution in [0.25, 0.3) is 0 Å². The van der Waals surface area contributed by atoms with Crippen LogP contribution in [0.2, 0.25) is 0 Å². The van der Waals surface area contributed by atoms with Crippen molar-refractivity contribution in [1.82, 2.24) is 0 Å². The zero-order valence-electron chi connectivity index (χ0n) is 9.90. The third-order valence-corrected chi connectivity index (χ3v) is 2.67. The van der Waals surface area contributed by atoms with E-state index in [0.29, 0.717) is 17.9 Å². The fourth-order valence-electron chi connectivity index (χ4n) is 1.20. The van der Waals surface area contributed by atoms with Crippen LogP contribution in [0.15, 0.2) is 18.2 Å². The van der Waals surface area contributed by atoms with E-state index in [-0.39, 0.29) is 12.7 Å². The molecule has 0 heterocycles. The van der Waals surface area contributed by atoms with Crippen LogP contribution in [0.3, 0.4) is 0 Å². The van der Waals surface area contributed by atoms with Gasteiger partial charge in [-0.1, -0.05) is 0 Å². The van der Waals surface area contributed by atoms with Crippen molar-refractivity contribution in [2.45, 2.75) is 20.0 Å². The summed E-state index contributed by atoms with van der Waals surface area (Å²) >= 11 is 2.12. The summed E-state index contributed by atoms with van der Waals surface area (Å²) in [5.41, 5.74) is 6.54. The molecule has 0 aliphatic rings. The van der Waals surface area contributed by atoms with Crippen LogP contribution in [-0.2, 0) is 9.47 Å². The number of benzene rings is 1. The molecule has 0 unspecified atom stereocenters. The van der Waals surface area contributed by atoms with Gasteiger partial charge in [-0.15, -0.1) is 0 Å². The summed E-state index contributed by atoms with van der Waals surface area (Å²) in [4.78, 5) is 11.7. The Balaban J connectivity index is 2.49. The molecular formula is C12H16INO3. The van der Waals surface area contributed by atoms with E-state index in [1.165, 1.54) is 0 Å². The summed E-state index contributed by atoms with van der Waals surface area (Å²) in [6, 6.07) is 5.25. The fourth-order valence-corrected chi connectivity index (χ4v) is 1.69. The number of carbonyl (C=O) groups is 1. The summed E-state index contributed by atoms with van der Waals surface area (Å²) in [7, 11) is 0. The number of esters is 1. The number of nitrogens with two attached hydrogens (primary N) is 1. The second-order valence-corrected chi connectivity index (χ2v) is 5.03. The Bertz CT molecular complexity index is 393. The van der Waals surface area contributed by atoms with Gasteiger partial charge < -0.3 is 15.2 Å². The average molecular weight is 349 g/mol. The second kappa shape index (κ2) is 6.80. The number of carbonyl (C=O) groups excluding carboxylic acids is 1. The number of ether oxygens (including phenoxy) is 2. The molecule has 5 heteroatoms. The van der Waals surface area contributed by atoms with E-state index in [4.69, 9.17) is 15.2 Å². The molecule has 0 saturated carbocycles. The quantitative estimate of drug-likeness (QED) is 0.384. The standard InChI is InChI=1S/C12H16INO3/c1-8(2)16-5-6-17-12(15)10-7-9(13)3-4-11(10)14/h3-4,7-8H,5-6,14H2,1-2H3. The monoisotopic (exact) mass is 349 g/mol. The molecule has 0 aromatic heterocycles. The van der Waals surface area contributed by atoms with E-state index in [1.807, 2.05) is 19.9 Å². The Morgan fingerprint density at radius 2 is 2.12 bits per heavy atom. The Morgan fingerprint density at radius 3 is 2.76 bits per heavy atom. The normalized spacial score (nSPS) is 10.6. The average Bonchev–Trinajstić information content (AvgIpc) is 2.27. The van der Waals surface area contributed by atoms with Crippen molar-refractivity contribution in [2.75, 3.05) is 18.9 Å². The number of hydrogen-bond acceptors (Lipinski definition) is 4. The van der Waals surface area contributed by atoms with Gasteiger partial charge in [0.25, 0.3) is 0 Å². The highest BCUT2D eigenvalue weighted by molar-refractivity contribution is 14.1. The first-order valence-corrected chi connectivity index (χ1v) is 6.42. The first-order chi connectivity index (χ1) is 8.00. The Morgan fingerprint density at radius 1 is 1.41 bits per heavy atom. The van der Waals surface area contributed by atoms with Crippen LogP contribution in [0.5, 0.6) is 0 Å². The summed E-state index contributed by atoms with van der Waals surface area (Å²) in [5, 5.41) is 0. The van der Waals surface area contributed by atoms with E-state index < -0.39 is 5.97 Å². The van der Waals surface area contributed by atoms with Crippen LogP contribution in [-0.4, -0.2) is 25.3 Å². The summed E-state index contributed by atoms with van der Waals surface area (Å²) in [6.45, 7) is 4.49. The molecule has 0 saturated heterocycles. The zero-order valence-corrected chi connectivity index (χ0v) is 12.1. The van der Waals surface area contributed by atoms with Crippen molar-refractivity contribution < 1.29 is 14.3 Å². The third kappa shape index (κ3) is 4.91. The SMILES string of the molecule is CC(C)OCCOC(=O)c1cc(I)ccc1N. The molecular weight excluding hydrogens is 333 g/mol. The maximum atomic E-state index is 11.7. The Hall–Kier alpha value is -0.820. The van der Waals surface area contributed by atoms with Crippen LogP contribution in [0.1, 0.15) is 24.2 Å². The molecule has 0 aliphatic heterocycles. The first-order valence-electron chi connectivity index (χ1n) is 5.34. The number of nitrogen functional groups attached to an aromatic ring is 1. The van der Waals surface area contributed by atoms with Gasteiger partial charge in [-0.25, -0.2) is 4.79 Å². The maximum absolute atomic E-state index is 11.7. The van der Waals surface area contributed by atoms with Crippen molar-refractivity contribution in [3.63, 3.8) is 0 Å². The first kappa shape index (κ1) is 14.2. The molecule has 0 spiro atoms. The minimum atomic E-state index is -0.409. The van der Waals surface area contributed by atoms with Gasteiger partial charge >= 0.3 is 5.97 Å².